The lowest BCUT2D eigenvalue weighted by atomic mass is 10.1. The van der Waals surface area contributed by atoms with Crippen molar-refractivity contribution in [2.45, 2.75) is 20.6 Å². The molecule has 106 valence electrons. The minimum atomic E-state index is -0.542. The predicted molar refractivity (Wildman–Crippen MR) is 75.4 cm³/mol. The number of carbonyl (C=O) groups is 1. The van der Waals surface area contributed by atoms with Gasteiger partial charge in [-0.1, -0.05) is 17.7 Å². The first-order valence-corrected chi connectivity index (χ1v) is 6.33. The van der Waals surface area contributed by atoms with Crippen LogP contribution in [0.4, 0.5) is 0 Å². The van der Waals surface area contributed by atoms with Crippen LogP contribution in [0.3, 0.4) is 0 Å². The van der Waals surface area contributed by atoms with E-state index in [2.05, 4.69) is 5.10 Å². The maximum Gasteiger partial charge on any atom is 0.287 e. The monoisotopic (exact) mass is 294 g/mol. The summed E-state index contributed by atoms with van der Waals surface area (Å²) >= 11 is 5.89. The number of nitrogens with two attached hydrogens (primary N) is 1. The molecule has 1 amide bonds. The Hall–Kier alpha value is -2.05. The number of hydrazine groups is 1. The van der Waals surface area contributed by atoms with Crippen LogP contribution in [0.15, 0.2) is 24.4 Å². The molecule has 2 rings (SSSR count). The van der Waals surface area contributed by atoms with Crippen LogP contribution in [0.5, 0.6) is 5.75 Å². The van der Waals surface area contributed by atoms with E-state index >= 15 is 0 Å². The number of aromatic nitrogens is 2. The fourth-order valence-corrected chi connectivity index (χ4v) is 1.87. The van der Waals surface area contributed by atoms with Gasteiger partial charge in [-0.05, 0) is 37.1 Å². The van der Waals surface area contributed by atoms with Gasteiger partial charge in [-0.2, -0.15) is 5.10 Å². The molecule has 3 N–H and O–H groups in total. The second-order valence-electron chi connectivity index (χ2n) is 4.36. The molecule has 6 nitrogen and oxygen atoms in total. The molecule has 2 aromatic rings. The summed E-state index contributed by atoms with van der Waals surface area (Å²) in [5.74, 6) is 5.22. The fourth-order valence-electron chi connectivity index (χ4n) is 1.63. The van der Waals surface area contributed by atoms with Gasteiger partial charge in [-0.15, -0.1) is 0 Å². The first-order chi connectivity index (χ1) is 9.51. The van der Waals surface area contributed by atoms with Crippen molar-refractivity contribution in [1.29, 1.82) is 0 Å². The lowest BCUT2D eigenvalue weighted by Crippen LogP contribution is -2.30. The van der Waals surface area contributed by atoms with Gasteiger partial charge >= 0.3 is 0 Å². The zero-order valence-electron chi connectivity index (χ0n) is 11.2. The van der Waals surface area contributed by atoms with E-state index in [4.69, 9.17) is 22.2 Å². The van der Waals surface area contributed by atoms with Gasteiger partial charge in [0.25, 0.3) is 5.91 Å². The first-order valence-electron chi connectivity index (χ1n) is 5.95. The topological polar surface area (TPSA) is 82.2 Å². The van der Waals surface area contributed by atoms with Crippen molar-refractivity contribution < 1.29 is 9.53 Å². The molecule has 0 saturated carbocycles. The number of benzene rings is 1. The summed E-state index contributed by atoms with van der Waals surface area (Å²) in [6, 6.07) is 5.79. The fraction of sp³-hybridized carbons (Fsp3) is 0.231. The highest BCUT2D eigenvalue weighted by atomic mass is 35.5. The van der Waals surface area contributed by atoms with E-state index in [1.165, 1.54) is 16.4 Å². The van der Waals surface area contributed by atoms with Crippen molar-refractivity contribution in [2.24, 2.45) is 5.84 Å². The van der Waals surface area contributed by atoms with Gasteiger partial charge in [0.2, 0.25) is 0 Å². The number of hydrogen-bond donors (Lipinski definition) is 2. The number of halogens is 1. The van der Waals surface area contributed by atoms with Crippen LogP contribution in [0.1, 0.15) is 21.6 Å². The zero-order chi connectivity index (χ0) is 14.7. The molecular formula is C13H15ClN4O2. The van der Waals surface area contributed by atoms with Crippen LogP contribution in [0, 0.1) is 13.8 Å². The molecule has 0 aliphatic heterocycles. The quantitative estimate of drug-likeness (QED) is 0.512. The Morgan fingerprint density at radius 1 is 1.45 bits per heavy atom. The normalized spacial score (nSPS) is 10.4. The summed E-state index contributed by atoms with van der Waals surface area (Å²) in [6.07, 6.45) is 1.51. The molecule has 0 radical (unpaired) electrons. The van der Waals surface area contributed by atoms with E-state index in [0.29, 0.717) is 0 Å². The Kier molecular flexibility index (Phi) is 4.26. The standard InChI is InChI=1S/C13H15ClN4O2/c1-8-3-4-10(5-9(8)2)20-7-18-6-11(14)12(17-18)13(19)16-15/h3-6H,7,15H2,1-2H3,(H,16,19). The number of carbonyl (C=O) groups excluding carboxylic acids is 1. The lowest BCUT2D eigenvalue weighted by Gasteiger charge is -2.08. The van der Waals surface area contributed by atoms with Gasteiger partial charge in [0, 0.05) is 6.20 Å². The second-order valence-corrected chi connectivity index (χ2v) is 4.77. The molecular weight excluding hydrogens is 280 g/mol. The molecule has 0 atom stereocenters. The Balaban J connectivity index is 2.07. The van der Waals surface area contributed by atoms with Crippen LogP contribution >= 0.6 is 11.6 Å². The Bertz CT molecular complexity index is 639. The Morgan fingerprint density at radius 3 is 2.85 bits per heavy atom. The number of hydrogen-bond acceptors (Lipinski definition) is 4. The minimum absolute atomic E-state index is 0.0675. The van der Waals surface area contributed by atoms with E-state index in [1.54, 1.807) is 0 Å². The third-order valence-corrected chi connectivity index (χ3v) is 3.18. The van der Waals surface area contributed by atoms with Gasteiger partial charge in [0.15, 0.2) is 12.4 Å². The number of ether oxygens (including phenoxy) is 1. The van der Waals surface area contributed by atoms with Gasteiger partial charge in [-0.3, -0.25) is 10.2 Å². The smallest absolute Gasteiger partial charge is 0.287 e. The second kappa shape index (κ2) is 5.94. The molecule has 0 bridgehead atoms. The maximum atomic E-state index is 11.4. The summed E-state index contributed by atoms with van der Waals surface area (Å²) in [4.78, 5) is 11.4. The van der Waals surface area contributed by atoms with Crippen LogP contribution < -0.4 is 16.0 Å². The van der Waals surface area contributed by atoms with Crippen LogP contribution in [0.25, 0.3) is 0 Å². The SMILES string of the molecule is Cc1ccc(OCn2cc(Cl)c(C(=O)NN)n2)cc1C. The highest BCUT2D eigenvalue weighted by Crippen LogP contribution is 2.18. The molecule has 1 heterocycles. The summed E-state index contributed by atoms with van der Waals surface area (Å²) in [5, 5.41) is 4.22. The van der Waals surface area contributed by atoms with Crippen molar-refractivity contribution >= 4 is 17.5 Å². The van der Waals surface area contributed by atoms with E-state index in [1.807, 2.05) is 37.5 Å². The number of nitrogen functional groups attached to an aromatic ring is 1. The van der Waals surface area contributed by atoms with E-state index in [9.17, 15) is 4.79 Å². The van der Waals surface area contributed by atoms with Crippen LogP contribution in [0.2, 0.25) is 5.02 Å². The van der Waals surface area contributed by atoms with E-state index in [-0.39, 0.29) is 17.4 Å². The highest BCUT2D eigenvalue weighted by Gasteiger charge is 2.14. The largest absolute Gasteiger partial charge is 0.471 e. The number of rotatable bonds is 4. The lowest BCUT2D eigenvalue weighted by molar-refractivity contribution is 0.0946. The summed E-state index contributed by atoms with van der Waals surface area (Å²) in [6.45, 7) is 4.20. The van der Waals surface area contributed by atoms with Gasteiger partial charge < -0.3 is 4.74 Å². The third kappa shape index (κ3) is 3.09. The maximum absolute atomic E-state index is 11.4. The summed E-state index contributed by atoms with van der Waals surface area (Å²) < 4.78 is 7.02. The van der Waals surface area contributed by atoms with Crippen molar-refractivity contribution in [1.82, 2.24) is 15.2 Å². The van der Waals surface area contributed by atoms with Gasteiger partial charge in [0.1, 0.15) is 5.75 Å². The predicted octanol–water partition coefficient (Wildman–Crippen LogP) is 1.79. The van der Waals surface area contributed by atoms with Crippen LogP contribution in [-0.2, 0) is 6.73 Å². The average molecular weight is 295 g/mol. The number of nitrogens with zero attached hydrogens (tertiary/aromatic N) is 2. The molecule has 7 heteroatoms. The Morgan fingerprint density at radius 2 is 2.20 bits per heavy atom. The molecule has 0 unspecified atom stereocenters. The van der Waals surface area contributed by atoms with Crippen molar-refractivity contribution in [3.63, 3.8) is 0 Å². The van der Waals surface area contributed by atoms with Gasteiger partial charge in [-0.25, -0.2) is 10.5 Å². The van der Waals surface area contributed by atoms with Crippen LogP contribution in [-0.4, -0.2) is 15.7 Å². The average Bonchev–Trinajstić information content (AvgIpc) is 2.80. The molecule has 0 aliphatic rings. The van der Waals surface area contributed by atoms with Gasteiger partial charge in [0.05, 0.1) is 5.02 Å². The summed E-state index contributed by atoms with van der Waals surface area (Å²) in [7, 11) is 0. The third-order valence-electron chi connectivity index (χ3n) is 2.91. The number of aryl methyl sites for hydroxylation is 2. The first kappa shape index (κ1) is 14.4. The van der Waals surface area contributed by atoms with Crippen molar-refractivity contribution in [2.75, 3.05) is 0 Å². The number of nitrogens with one attached hydrogen (secondary N) is 1. The van der Waals surface area contributed by atoms with E-state index < -0.39 is 5.91 Å². The molecule has 0 aliphatic carbocycles. The zero-order valence-corrected chi connectivity index (χ0v) is 11.9. The highest BCUT2D eigenvalue weighted by molar-refractivity contribution is 6.33. The van der Waals surface area contributed by atoms with Crippen molar-refractivity contribution in [3.05, 3.63) is 46.2 Å². The molecule has 20 heavy (non-hydrogen) atoms. The van der Waals surface area contributed by atoms with E-state index in [0.717, 1.165) is 11.3 Å². The van der Waals surface area contributed by atoms with Crippen molar-refractivity contribution in [3.8, 4) is 5.75 Å². The molecule has 0 fully saturated rings. The number of amides is 1. The summed E-state index contributed by atoms with van der Waals surface area (Å²) in [5.41, 5.74) is 4.39. The molecule has 0 saturated heterocycles. The molecule has 1 aromatic heterocycles. The molecule has 1 aromatic carbocycles. The minimum Gasteiger partial charge on any atom is -0.471 e. The Labute approximate surface area is 121 Å². The molecule has 0 spiro atoms.